The zero-order chi connectivity index (χ0) is 24.8. The Hall–Kier alpha value is -3.20. The highest BCUT2D eigenvalue weighted by molar-refractivity contribution is 7.89. The van der Waals surface area contributed by atoms with Gasteiger partial charge in [0.2, 0.25) is 10.0 Å². The zero-order valence-corrected chi connectivity index (χ0v) is 20.9. The molecule has 0 atom stereocenters. The number of sulfonamides is 1. The van der Waals surface area contributed by atoms with Crippen LogP contribution in [0.1, 0.15) is 34.5 Å². The number of benzene rings is 3. The van der Waals surface area contributed by atoms with E-state index in [1.807, 2.05) is 36.4 Å². The maximum absolute atomic E-state index is 13.3. The van der Waals surface area contributed by atoms with Gasteiger partial charge < -0.3 is 9.64 Å². The molecule has 35 heavy (non-hydrogen) atoms. The van der Waals surface area contributed by atoms with Gasteiger partial charge in [0, 0.05) is 38.3 Å². The molecule has 3 aromatic rings. The van der Waals surface area contributed by atoms with Gasteiger partial charge in [-0.2, -0.15) is 0 Å². The van der Waals surface area contributed by atoms with Crippen LogP contribution in [0.3, 0.4) is 0 Å². The van der Waals surface area contributed by atoms with Crippen LogP contribution in [0.25, 0.3) is 0 Å². The topological polar surface area (TPSA) is 79.0 Å². The molecule has 0 aliphatic carbocycles. The highest BCUT2D eigenvalue weighted by atomic mass is 32.2. The number of amides is 1. The van der Waals surface area contributed by atoms with Gasteiger partial charge in [0.05, 0.1) is 13.2 Å². The molecule has 7 nitrogen and oxygen atoms in total. The van der Waals surface area contributed by atoms with Crippen molar-refractivity contribution in [2.75, 3.05) is 39.8 Å². The van der Waals surface area contributed by atoms with Crippen molar-refractivity contribution in [2.45, 2.75) is 17.9 Å². The van der Waals surface area contributed by atoms with Gasteiger partial charge in [0.25, 0.3) is 5.91 Å². The van der Waals surface area contributed by atoms with Crippen LogP contribution in [0.15, 0.2) is 83.8 Å². The molecule has 1 amide bonds. The van der Waals surface area contributed by atoms with Gasteiger partial charge in [-0.3, -0.25) is 9.69 Å². The molecule has 0 bridgehead atoms. The molecule has 0 saturated carbocycles. The average molecular weight is 494 g/mol. The fraction of sp³-hybridized carbons (Fsp3) is 0.296. The molecule has 4 rings (SSSR count). The Bertz CT molecular complexity index is 1200. The summed E-state index contributed by atoms with van der Waals surface area (Å²) in [5, 5.41) is 0. The fourth-order valence-corrected chi connectivity index (χ4v) is 5.77. The van der Waals surface area contributed by atoms with E-state index >= 15 is 0 Å². The van der Waals surface area contributed by atoms with Crippen molar-refractivity contribution in [2.24, 2.45) is 0 Å². The Kier molecular flexibility index (Phi) is 7.85. The Morgan fingerprint density at radius 1 is 0.914 bits per heavy atom. The number of hydrogen-bond donors (Lipinski definition) is 1. The predicted octanol–water partition coefficient (Wildman–Crippen LogP) is 3.54. The number of ether oxygens (including phenoxy) is 1. The number of nitrogens with zero attached hydrogens (tertiary/aromatic N) is 2. The lowest BCUT2D eigenvalue weighted by atomic mass is 9.96. The largest absolute Gasteiger partial charge is 0.495 e. The molecular formula is C27H31N3O4S. The molecule has 3 aromatic carbocycles. The average Bonchev–Trinajstić information content (AvgIpc) is 2.90. The number of hydrogen-bond acceptors (Lipinski definition) is 5. The quantitative estimate of drug-likeness (QED) is 0.519. The molecule has 0 aromatic heterocycles. The summed E-state index contributed by atoms with van der Waals surface area (Å²) in [6.45, 7) is 4.47. The molecule has 1 aliphatic rings. The molecule has 0 spiro atoms. The summed E-state index contributed by atoms with van der Waals surface area (Å²) in [6.07, 6.45) is 0. The lowest BCUT2D eigenvalue weighted by Crippen LogP contribution is -2.49. The minimum absolute atomic E-state index is 0.0282. The molecule has 1 aliphatic heterocycles. The molecule has 1 N–H and O–H groups in total. The fourth-order valence-electron chi connectivity index (χ4n) is 4.54. The number of nitrogens with one attached hydrogen (secondary N) is 1. The van der Waals surface area contributed by atoms with E-state index in [-0.39, 0.29) is 29.1 Å². The lowest BCUT2D eigenvalue weighted by Gasteiger charge is -2.39. The molecule has 1 saturated heterocycles. The maximum Gasteiger partial charge on any atom is 0.253 e. The maximum atomic E-state index is 13.3. The van der Waals surface area contributed by atoms with E-state index in [4.69, 9.17) is 4.74 Å². The van der Waals surface area contributed by atoms with Crippen LogP contribution >= 0.6 is 0 Å². The SMILES string of the molecule is CCNS(=O)(=O)c1cc(C(=O)N2CCN(C(c3ccccc3)c3ccccc3)CC2)ccc1OC. The molecule has 1 heterocycles. The zero-order valence-electron chi connectivity index (χ0n) is 20.1. The van der Waals surface area contributed by atoms with Crippen LogP contribution in [-0.4, -0.2) is 64.0 Å². The summed E-state index contributed by atoms with van der Waals surface area (Å²) in [5.74, 6) is 0.0251. The summed E-state index contributed by atoms with van der Waals surface area (Å²) < 4.78 is 33.0. The normalized spacial score (nSPS) is 14.8. The van der Waals surface area contributed by atoms with Crippen molar-refractivity contribution in [3.63, 3.8) is 0 Å². The summed E-state index contributed by atoms with van der Waals surface area (Å²) in [5.41, 5.74) is 2.76. The van der Waals surface area contributed by atoms with Crippen molar-refractivity contribution in [1.82, 2.24) is 14.5 Å². The third kappa shape index (κ3) is 5.56. The summed E-state index contributed by atoms with van der Waals surface area (Å²) in [4.78, 5) is 17.5. The van der Waals surface area contributed by atoms with Gasteiger partial charge in [0.1, 0.15) is 10.6 Å². The monoisotopic (exact) mass is 493 g/mol. The number of rotatable bonds is 8. The van der Waals surface area contributed by atoms with Gasteiger partial charge in [0.15, 0.2) is 0 Å². The molecule has 0 unspecified atom stereocenters. The van der Waals surface area contributed by atoms with Crippen molar-refractivity contribution in [3.8, 4) is 5.75 Å². The lowest BCUT2D eigenvalue weighted by molar-refractivity contribution is 0.0597. The van der Waals surface area contributed by atoms with E-state index < -0.39 is 10.0 Å². The Morgan fingerprint density at radius 3 is 2.00 bits per heavy atom. The second-order valence-corrected chi connectivity index (χ2v) is 10.2. The number of piperazine rings is 1. The summed E-state index contributed by atoms with van der Waals surface area (Å²) in [7, 11) is -2.36. The highest BCUT2D eigenvalue weighted by Gasteiger charge is 2.29. The first-order chi connectivity index (χ1) is 16.9. The Labute approximate surface area is 207 Å². The highest BCUT2D eigenvalue weighted by Crippen LogP contribution is 2.30. The number of methoxy groups -OCH3 is 1. The minimum atomic E-state index is -3.78. The van der Waals surface area contributed by atoms with Gasteiger partial charge in [-0.15, -0.1) is 0 Å². The van der Waals surface area contributed by atoms with Gasteiger partial charge in [-0.05, 0) is 29.3 Å². The third-order valence-corrected chi connectivity index (χ3v) is 7.80. The number of carbonyl (C=O) groups is 1. The van der Waals surface area contributed by atoms with Crippen molar-refractivity contribution >= 4 is 15.9 Å². The van der Waals surface area contributed by atoms with Crippen LogP contribution in [0, 0.1) is 0 Å². The van der Waals surface area contributed by atoms with Gasteiger partial charge in [-0.1, -0.05) is 67.6 Å². The summed E-state index contributed by atoms with van der Waals surface area (Å²) in [6, 6.07) is 25.4. The van der Waals surface area contributed by atoms with E-state index in [1.165, 1.54) is 30.4 Å². The van der Waals surface area contributed by atoms with Crippen LogP contribution in [0.5, 0.6) is 5.75 Å². The minimum Gasteiger partial charge on any atom is -0.495 e. The van der Waals surface area contributed by atoms with E-state index in [0.717, 1.165) is 0 Å². The van der Waals surface area contributed by atoms with Crippen LogP contribution < -0.4 is 9.46 Å². The molecule has 0 radical (unpaired) electrons. The predicted molar refractivity (Wildman–Crippen MR) is 136 cm³/mol. The smallest absolute Gasteiger partial charge is 0.253 e. The van der Waals surface area contributed by atoms with Crippen molar-refractivity contribution in [1.29, 1.82) is 0 Å². The Balaban J connectivity index is 1.53. The van der Waals surface area contributed by atoms with E-state index in [1.54, 1.807) is 17.9 Å². The third-order valence-electron chi connectivity index (χ3n) is 6.23. The van der Waals surface area contributed by atoms with E-state index in [9.17, 15) is 13.2 Å². The standard InChI is InChI=1S/C27H31N3O4S/c1-3-28-35(32,33)25-20-23(14-15-24(25)34-2)27(31)30-18-16-29(17-19-30)26(21-10-6-4-7-11-21)22-12-8-5-9-13-22/h4-15,20,26,28H,3,16-19H2,1-2H3. The van der Waals surface area contributed by atoms with Crippen LogP contribution in [-0.2, 0) is 10.0 Å². The Morgan fingerprint density at radius 2 is 1.49 bits per heavy atom. The van der Waals surface area contributed by atoms with Crippen LogP contribution in [0.2, 0.25) is 0 Å². The first kappa shape index (κ1) is 24.9. The molecular weight excluding hydrogens is 462 g/mol. The van der Waals surface area contributed by atoms with Gasteiger partial charge >= 0.3 is 0 Å². The van der Waals surface area contributed by atoms with Crippen LogP contribution in [0.4, 0.5) is 0 Å². The molecule has 1 fully saturated rings. The second kappa shape index (κ2) is 11.0. The number of carbonyl (C=O) groups excluding carboxylic acids is 1. The van der Waals surface area contributed by atoms with Crippen molar-refractivity contribution in [3.05, 3.63) is 95.6 Å². The molecule has 8 heteroatoms. The van der Waals surface area contributed by atoms with Gasteiger partial charge in [-0.25, -0.2) is 13.1 Å². The first-order valence-electron chi connectivity index (χ1n) is 11.8. The van der Waals surface area contributed by atoms with E-state index in [0.29, 0.717) is 31.7 Å². The van der Waals surface area contributed by atoms with Crippen molar-refractivity contribution < 1.29 is 17.9 Å². The molecule has 184 valence electrons. The second-order valence-electron chi connectivity index (χ2n) is 8.42. The first-order valence-corrected chi connectivity index (χ1v) is 13.2. The summed E-state index contributed by atoms with van der Waals surface area (Å²) >= 11 is 0. The van der Waals surface area contributed by atoms with E-state index in [2.05, 4.69) is 33.9 Å².